The summed E-state index contributed by atoms with van der Waals surface area (Å²) in [5, 5.41) is 19.2. The lowest BCUT2D eigenvalue weighted by molar-refractivity contribution is -0.190. The summed E-state index contributed by atoms with van der Waals surface area (Å²) >= 11 is 0. The zero-order chi connectivity index (χ0) is 23.2. The Kier molecular flexibility index (Phi) is 5.67. The van der Waals surface area contributed by atoms with Gasteiger partial charge in [-0.05, 0) is 62.9 Å². The van der Waals surface area contributed by atoms with Crippen molar-refractivity contribution in [2.45, 2.75) is 63.5 Å². The van der Waals surface area contributed by atoms with Crippen molar-refractivity contribution < 1.29 is 24.5 Å². The summed E-state index contributed by atoms with van der Waals surface area (Å²) in [7, 11) is 0. The molecule has 2 fully saturated rings. The number of hydrogen-bond acceptors (Lipinski definition) is 5. The molecule has 2 saturated heterocycles. The number of aliphatic carboxylic acids is 1. The topological polar surface area (TPSA) is 79.2 Å². The zero-order valence-corrected chi connectivity index (χ0v) is 19.1. The van der Waals surface area contributed by atoms with Crippen molar-refractivity contribution in [3.05, 3.63) is 65.2 Å². The molecule has 4 atom stereocenters. The van der Waals surface area contributed by atoms with Crippen LogP contribution in [0.5, 0.6) is 11.5 Å². The molecule has 0 spiro atoms. The Morgan fingerprint density at radius 1 is 1.21 bits per heavy atom. The number of aromatic hydroxyl groups is 1. The Morgan fingerprint density at radius 2 is 2.00 bits per heavy atom. The smallest absolute Gasteiger partial charge is 0.328 e. The molecule has 0 aromatic heterocycles. The maximum atomic E-state index is 10.7. The maximum absolute atomic E-state index is 10.7. The van der Waals surface area contributed by atoms with Crippen molar-refractivity contribution in [2.75, 3.05) is 6.54 Å². The molecule has 3 aliphatic rings. The largest absolute Gasteiger partial charge is 0.504 e. The standard InChI is InChI=1S/C27H31NO5/c1-27(2)20-15-21-23(32-25(20)19-5-3-6-22(29)26(19)33-27)7-4-14-28(21)16-18-10-8-17(9-11-18)12-13-24(30)31/h3,5-6,8-13,20-21,23,25,29H,4,7,14-16H2,1-2H3,(H,30,31)/b13-12+/t20-,21-,23-,25+/m1/s1. The van der Waals surface area contributed by atoms with Gasteiger partial charge in [0.25, 0.3) is 0 Å². The summed E-state index contributed by atoms with van der Waals surface area (Å²) in [6.45, 7) is 6.06. The number of carboxylic acids is 1. The number of phenols is 1. The number of carbonyl (C=O) groups is 1. The molecule has 0 radical (unpaired) electrons. The van der Waals surface area contributed by atoms with Crippen LogP contribution in [0.3, 0.4) is 0 Å². The van der Waals surface area contributed by atoms with E-state index in [1.54, 1.807) is 12.1 Å². The fourth-order valence-corrected chi connectivity index (χ4v) is 5.70. The van der Waals surface area contributed by atoms with E-state index in [1.165, 1.54) is 5.56 Å². The quantitative estimate of drug-likeness (QED) is 0.655. The molecule has 3 aliphatic heterocycles. The summed E-state index contributed by atoms with van der Waals surface area (Å²) < 4.78 is 13.1. The first-order valence-corrected chi connectivity index (χ1v) is 11.7. The van der Waals surface area contributed by atoms with Crippen molar-refractivity contribution in [2.24, 2.45) is 5.92 Å². The molecule has 33 heavy (non-hydrogen) atoms. The summed E-state index contributed by atoms with van der Waals surface area (Å²) in [4.78, 5) is 13.3. The Morgan fingerprint density at radius 3 is 2.76 bits per heavy atom. The number of para-hydroxylation sites is 1. The van der Waals surface area contributed by atoms with E-state index in [-0.39, 0.29) is 23.9 Å². The van der Waals surface area contributed by atoms with E-state index in [0.29, 0.717) is 11.8 Å². The van der Waals surface area contributed by atoms with Gasteiger partial charge >= 0.3 is 5.97 Å². The number of hydrogen-bond donors (Lipinski definition) is 2. The van der Waals surface area contributed by atoms with Crippen molar-refractivity contribution in [1.82, 2.24) is 4.90 Å². The van der Waals surface area contributed by atoms with Gasteiger partial charge in [0.05, 0.1) is 12.2 Å². The minimum atomic E-state index is -0.943. The van der Waals surface area contributed by atoms with E-state index < -0.39 is 11.6 Å². The lowest BCUT2D eigenvalue weighted by atomic mass is 9.72. The number of fused-ring (bicyclic) bond motifs is 4. The van der Waals surface area contributed by atoms with E-state index in [1.807, 2.05) is 24.3 Å². The van der Waals surface area contributed by atoms with Gasteiger partial charge in [0.2, 0.25) is 0 Å². The number of likely N-dealkylation sites (tertiary alicyclic amines) is 1. The Bertz CT molecular complexity index is 1060. The normalized spacial score (nSPS) is 28.4. The van der Waals surface area contributed by atoms with E-state index in [4.69, 9.17) is 14.6 Å². The molecule has 0 amide bonds. The lowest BCUT2D eigenvalue weighted by Gasteiger charge is -2.54. The van der Waals surface area contributed by atoms with Gasteiger partial charge in [-0.15, -0.1) is 0 Å². The third kappa shape index (κ3) is 4.25. The van der Waals surface area contributed by atoms with Gasteiger partial charge in [-0.1, -0.05) is 36.4 Å². The van der Waals surface area contributed by atoms with E-state index in [9.17, 15) is 9.90 Å². The van der Waals surface area contributed by atoms with Crippen LogP contribution in [-0.4, -0.2) is 45.4 Å². The number of rotatable bonds is 4. The highest BCUT2D eigenvalue weighted by Gasteiger charge is 2.52. The van der Waals surface area contributed by atoms with Gasteiger partial charge in [0.15, 0.2) is 11.5 Å². The molecule has 2 aromatic carbocycles. The minimum Gasteiger partial charge on any atom is -0.504 e. The molecular weight excluding hydrogens is 418 g/mol. The van der Waals surface area contributed by atoms with Crippen molar-refractivity contribution >= 4 is 12.0 Å². The van der Waals surface area contributed by atoms with Crippen LogP contribution in [0.1, 0.15) is 55.9 Å². The zero-order valence-electron chi connectivity index (χ0n) is 19.1. The molecule has 3 heterocycles. The predicted molar refractivity (Wildman–Crippen MR) is 125 cm³/mol. The van der Waals surface area contributed by atoms with E-state index in [2.05, 4.69) is 30.9 Å². The number of piperidine rings is 1. The van der Waals surface area contributed by atoms with Crippen LogP contribution in [0.15, 0.2) is 48.5 Å². The van der Waals surface area contributed by atoms with Gasteiger partial charge in [0.1, 0.15) is 5.60 Å². The van der Waals surface area contributed by atoms with Crippen molar-refractivity contribution in [1.29, 1.82) is 0 Å². The van der Waals surface area contributed by atoms with Crippen LogP contribution in [0.4, 0.5) is 0 Å². The summed E-state index contributed by atoms with van der Waals surface area (Å²) in [5.74, 6) is -0.0118. The average Bonchev–Trinajstić information content (AvgIpc) is 2.79. The molecule has 0 aliphatic carbocycles. The fourth-order valence-electron chi connectivity index (χ4n) is 5.70. The molecule has 2 aromatic rings. The van der Waals surface area contributed by atoms with Crippen molar-refractivity contribution in [3.63, 3.8) is 0 Å². The number of carboxylic acid groups (broad SMARTS) is 1. The monoisotopic (exact) mass is 449 g/mol. The van der Waals surface area contributed by atoms with Crippen molar-refractivity contribution in [3.8, 4) is 11.5 Å². The first kappa shape index (κ1) is 22.0. The highest BCUT2D eigenvalue weighted by molar-refractivity contribution is 5.85. The number of nitrogens with zero attached hydrogens (tertiary/aromatic N) is 1. The lowest BCUT2D eigenvalue weighted by Crippen LogP contribution is -2.58. The van der Waals surface area contributed by atoms with E-state index in [0.717, 1.165) is 49.6 Å². The molecule has 6 heteroatoms. The third-order valence-electron chi connectivity index (χ3n) is 7.39. The van der Waals surface area contributed by atoms with Gasteiger partial charge in [0, 0.05) is 30.1 Å². The maximum Gasteiger partial charge on any atom is 0.328 e. The van der Waals surface area contributed by atoms with Crippen LogP contribution in [0.2, 0.25) is 0 Å². The van der Waals surface area contributed by atoms with Crippen LogP contribution in [0.25, 0.3) is 6.08 Å². The van der Waals surface area contributed by atoms with Crippen LogP contribution in [0, 0.1) is 5.92 Å². The molecule has 2 N–H and O–H groups in total. The third-order valence-corrected chi connectivity index (χ3v) is 7.39. The van der Waals surface area contributed by atoms with Crippen LogP contribution >= 0.6 is 0 Å². The second-order valence-corrected chi connectivity index (χ2v) is 9.93. The number of benzene rings is 2. The summed E-state index contributed by atoms with van der Waals surface area (Å²) in [6, 6.07) is 13.9. The molecule has 0 unspecified atom stereocenters. The SMILES string of the molecule is CC1(C)Oc2c(O)cccc2[C@@H]2O[C@@H]3CCCN(Cc4ccc(/C=C/C(=O)O)cc4)[C@@H]3C[C@H]21. The second kappa shape index (κ2) is 8.50. The Hall–Kier alpha value is -2.83. The molecule has 0 saturated carbocycles. The molecule has 0 bridgehead atoms. The number of phenolic OH excluding ortho intramolecular Hbond substituents is 1. The fraction of sp³-hybridized carbons (Fsp3) is 0.444. The molecule has 6 nitrogen and oxygen atoms in total. The molecular formula is C27H31NO5. The predicted octanol–water partition coefficient (Wildman–Crippen LogP) is 4.77. The van der Waals surface area contributed by atoms with Gasteiger partial charge < -0.3 is 19.7 Å². The summed E-state index contributed by atoms with van der Waals surface area (Å²) in [6.07, 6.45) is 5.96. The van der Waals surface area contributed by atoms with E-state index >= 15 is 0 Å². The molecule has 174 valence electrons. The minimum absolute atomic E-state index is 0.0719. The highest BCUT2D eigenvalue weighted by Crippen LogP contribution is 2.54. The van der Waals surface area contributed by atoms with Gasteiger partial charge in [-0.2, -0.15) is 0 Å². The first-order valence-electron chi connectivity index (χ1n) is 11.7. The van der Waals surface area contributed by atoms with Crippen LogP contribution in [-0.2, 0) is 16.1 Å². The summed E-state index contributed by atoms with van der Waals surface area (Å²) in [5.41, 5.74) is 2.60. The van der Waals surface area contributed by atoms with Gasteiger partial charge in [-0.25, -0.2) is 4.79 Å². The van der Waals surface area contributed by atoms with Gasteiger partial charge in [-0.3, -0.25) is 4.90 Å². The second-order valence-electron chi connectivity index (χ2n) is 9.93. The Balaban J connectivity index is 1.35. The highest BCUT2D eigenvalue weighted by atomic mass is 16.5. The Labute approximate surface area is 194 Å². The average molecular weight is 450 g/mol. The first-order chi connectivity index (χ1) is 15.8. The number of ether oxygens (including phenoxy) is 2. The van der Waals surface area contributed by atoms with Crippen LogP contribution < -0.4 is 4.74 Å². The molecule has 5 rings (SSSR count).